The molecule has 4 heteroatoms. The molecule has 1 aliphatic carbocycles. The average Bonchev–Trinajstić information content (AvgIpc) is 2.77. The zero-order valence-electron chi connectivity index (χ0n) is 11.1. The van der Waals surface area contributed by atoms with Crippen LogP contribution in [0.2, 0.25) is 0 Å². The maximum Gasteiger partial charge on any atom is 0.379 e. The molecule has 0 unspecified atom stereocenters. The summed E-state index contributed by atoms with van der Waals surface area (Å²) in [5.41, 5.74) is 1.42. The third-order valence-corrected chi connectivity index (χ3v) is 3.42. The molecule has 0 bridgehead atoms. The molecule has 4 nitrogen and oxygen atoms in total. The van der Waals surface area contributed by atoms with Crippen LogP contribution >= 0.6 is 0 Å². The highest BCUT2D eigenvalue weighted by Gasteiger charge is 2.21. The Kier molecular flexibility index (Phi) is 3.14. The van der Waals surface area contributed by atoms with Crippen LogP contribution in [-0.4, -0.2) is 11.8 Å². The normalized spacial score (nSPS) is 15.2. The molecule has 0 spiro atoms. The summed E-state index contributed by atoms with van der Waals surface area (Å²) in [5.74, 6) is 0.0799. The molecule has 0 saturated carbocycles. The second-order valence-electron chi connectivity index (χ2n) is 4.87. The van der Waals surface area contributed by atoms with Gasteiger partial charge in [-0.1, -0.05) is 18.2 Å². The number of carbonyl (C=O) groups excluding carboxylic acids is 2. The fraction of sp³-hybridized carbons (Fsp3) is 0.250. The number of ketones is 1. The van der Waals surface area contributed by atoms with Crippen LogP contribution in [0, 0.1) is 6.92 Å². The van der Waals surface area contributed by atoms with E-state index in [-0.39, 0.29) is 11.5 Å². The van der Waals surface area contributed by atoms with E-state index >= 15 is 0 Å². The molecule has 2 aromatic rings. The maximum atomic E-state index is 12.1. The number of rotatable bonds is 2. The molecule has 3 rings (SSSR count). The summed E-state index contributed by atoms with van der Waals surface area (Å²) in [6, 6.07) is 7.45. The fourth-order valence-electron chi connectivity index (χ4n) is 2.38. The van der Waals surface area contributed by atoms with Gasteiger partial charge in [-0.3, -0.25) is 4.79 Å². The molecule has 0 aliphatic heterocycles. The fourth-order valence-corrected chi connectivity index (χ4v) is 2.38. The molecular formula is C16H14O4. The van der Waals surface area contributed by atoms with Crippen LogP contribution in [0.15, 0.2) is 40.5 Å². The molecule has 1 heterocycles. The van der Waals surface area contributed by atoms with Gasteiger partial charge < -0.3 is 9.15 Å². The van der Waals surface area contributed by atoms with Crippen molar-refractivity contribution in [3.05, 3.63) is 47.4 Å². The van der Waals surface area contributed by atoms with Gasteiger partial charge in [0.15, 0.2) is 5.78 Å². The van der Waals surface area contributed by atoms with E-state index in [4.69, 9.17) is 9.15 Å². The number of para-hydroxylation sites is 1. The lowest BCUT2D eigenvalue weighted by Gasteiger charge is -2.11. The summed E-state index contributed by atoms with van der Waals surface area (Å²) in [5, 5.41) is 0.896. The quantitative estimate of drug-likeness (QED) is 0.783. The lowest BCUT2D eigenvalue weighted by atomic mass is 10.1. The summed E-state index contributed by atoms with van der Waals surface area (Å²) < 4.78 is 10.8. The third kappa shape index (κ3) is 2.25. The Morgan fingerprint density at radius 3 is 2.80 bits per heavy atom. The molecule has 0 saturated heterocycles. The summed E-state index contributed by atoms with van der Waals surface area (Å²) >= 11 is 0. The minimum absolute atomic E-state index is 0.000350. The molecule has 1 aromatic heterocycles. The molecule has 0 N–H and O–H groups in total. The highest BCUT2D eigenvalue weighted by atomic mass is 16.5. The first-order valence-corrected chi connectivity index (χ1v) is 6.59. The van der Waals surface area contributed by atoms with Crippen LogP contribution < -0.4 is 0 Å². The van der Waals surface area contributed by atoms with E-state index in [2.05, 4.69) is 0 Å². The number of benzene rings is 1. The van der Waals surface area contributed by atoms with Crippen molar-refractivity contribution in [2.45, 2.75) is 26.2 Å². The van der Waals surface area contributed by atoms with E-state index in [0.717, 1.165) is 17.4 Å². The first-order valence-electron chi connectivity index (χ1n) is 6.59. The molecule has 20 heavy (non-hydrogen) atoms. The largest absolute Gasteiger partial charge is 0.449 e. The van der Waals surface area contributed by atoms with Gasteiger partial charge in [-0.05, 0) is 19.4 Å². The highest BCUT2D eigenvalue weighted by molar-refractivity contribution is 5.97. The smallest absolute Gasteiger partial charge is 0.379 e. The van der Waals surface area contributed by atoms with Crippen LogP contribution in [0.3, 0.4) is 0 Å². The van der Waals surface area contributed by atoms with Gasteiger partial charge in [0.2, 0.25) is 5.76 Å². The van der Waals surface area contributed by atoms with Crippen molar-refractivity contribution in [3.8, 4) is 0 Å². The maximum absolute atomic E-state index is 12.1. The standard InChI is InChI=1S/C16H14O4/c1-10-13-7-2-3-8-14(13)20-15(10)16(18)19-12-6-4-5-11(17)9-12/h2-3,7-9H,4-6H2,1H3. The Labute approximate surface area is 116 Å². The van der Waals surface area contributed by atoms with Gasteiger partial charge in [0.05, 0.1) is 0 Å². The Balaban J connectivity index is 1.89. The van der Waals surface area contributed by atoms with Gasteiger partial charge in [-0.15, -0.1) is 0 Å². The topological polar surface area (TPSA) is 56.5 Å². The molecule has 0 atom stereocenters. The first-order chi connectivity index (χ1) is 9.65. The SMILES string of the molecule is Cc1c(C(=O)OC2=CC(=O)CCC2)oc2ccccc12. The van der Waals surface area contributed by atoms with Gasteiger partial charge in [-0.2, -0.15) is 0 Å². The van der Waals surface area contributed by atoms with Crippen molar-refractivity contribution in [3.63, 3.8) is 0 Å². The molecule has 0 amide bonds. The van der Waals surface area contributed by atoms with Gasteiger partial charge in [0.1, 0.15) is 11.3 Å². The second kappa shape index (κ2) is 4.96. The summed E-state index contributed by atoms with van der Waals surface area (Å²) in [4.78, 5) is 23.5. The van der Waals surface area contributed by atoms with E-state index < -0.39 is 5.97 Å². The van der Waals surface area contributed by atoms with Gasteiger partial charge in [-0.25, -0.2) is 4.79 Å². The van der Waals surface area contributed by atoms with Crippen LogP contribution in [0.4, 0.5) is 0 Å². The zero-order valence-corrected chi connectivity index (χ0v) is 11.1. The lowest BCUT2D eigenvalue weighted by Crippen LogP contribution is -2.10. The number of furan rings is 1. The van der Waals surface area contributed by atoms with Gasteiger partial charge in [0.25, 0.3) is 0 Å². The lowest BCUT2D eigenvalue weighted by molar-refractivity contribution is -0.115. The highest BCUT2D eigenvalue weighted by Crippen LogP contribution is 2.27. The molecule has 1 aromatic carbocycles. The summed E-state index contributed by atoms with van der Waals surface area (Å²) in [7, 11) is 0. The molecule has 0 fully saturated rings. The van der Waals surface area contributed by atoms with E-state index in [0.29, 0.717) is 24.2 Å². The predicted molar refractivity (Wildman–Crippen MR) is 73.3 cm³/mol. The number of carbonyl (C=O) groups is 2. The Morgan fingerprint density at radius 2 is 2.05 bits per heavy atom. The third-order valence-electron chi connectivity index (χ3n) is 3.42. The molecule has 1 aliphatic rings. The number of allylic oxidation sites excluding steroid dienone is 2. The first kappa shape index (κ1) is 12.7. The van der Waals surface area contributed by atoms with Gasteiger partial charge >= 0.3 is 5.97 Å². The summed E-state index contributed by atoms with van der Waals surface area (Å²) in [6.45, 7) is 1.82. The Hall–Kier alpha value is -2.36. The Bertz CT molecular complexity index is 721. The van der Waals surface area contributed by atoms with Crippen LogP contribution in [-0.2, 0) is 9.53 Å². The Morgan fingerprint density at radius 1 is 1.25 bits per heavy atom. The summed E-state index contributed by atoms with van der Waals surface area (Å²) in [6.07, 6.45) is 3.25. The van der Waals surface area contributed by atoms with Crippen molar-refractivity contribution < 1.29 is 18.7 Å². The molecule has 0 radical (unpaired) electrons. The average molecular weight is 270 g/mol. The van der Waals surface area contributed by atoms with Crippen molar-refractivity contribution in [1.82, 2.24) is 0 Å². The van der Waals surface area contributed by atoms with Crippen molar-refractivity contribution in [2.24, 2.45) is 0 Å². The van der Waals surface area contributed by atoms with Crippen molar-refractivity contribution >= 4 is 22.7 Å². The second-order valence-corrected chi connectivity index (χ2v) is 4.87. The number of esters is 1. The van der Waals surface area contributed by atoms with Crippen molar-refractivity contribution in [2.75, 3.05) is 0 Å². The number of aryl methyl sites for hydroxylation is 1. The minimum atomic E-state index is -0.542. The number of fused-ring (bicyclic) bond motifs is 1. The van der Waals surface area contributed by atoms with Crippen LogP contribution in [0.1, 0.15) is 35.4 Å². The minimum Gasteiger partial charge on any atom is -0.449 e. The number of hydrogen-bond donors (Lipinski definition) is 0. The van der Waals surface area contributed by atoms with E-state index in [9.17, 15) is 9.59 Å². The van der Waals surface area contributed by atoms with E-state index in [1.807, 2.05) is 31.2 Å². The van der Waals surface area contributed by atoms with E-state index in [1.165, 1.54) is 6.08 Å². The number of ether oxygens (including phenoxy) is 1. The van der Waals surface area contributed by atoms with Crippen molar-refractivity contribution in [1.29, 1.82) is 0 Å². The predicted octanol–water partition coefficient (Wildman–Crippen LogP) is 3.53. The van der Waals surface area contributed by atoms with Crippen LogP contribution in [0.5, 0.6) is 0 Å². The number of hydrogen-bond acceptors (Lipinski definition) is 4. The molecular weight excluding hydrogens is 256 g/mol. The monoisotopic (exact) mass is 270 g/mol. The molecule has 102 valence electrons. The van der Waals surface area contributed by atoms with Crippen LogP contribution in [0.25, 0.3) is 11.0 Å². The zero-order chi connectivity index (χ0) is 14.1. The van der Waals surface area contributed by atoms with Gasteiger partial charge in [0, 0.05) is 29.9 Å². The van der Waals surface area contributed by atoms with E-state index in [1.54, 1.807) is 0 Å².